The zero-order valence-electron chi connectivity index (χ0n) is 10.6. The standard InChI is InChI=1S/C12H16ClF3N2/c1-8(2)18(7-12(14,15)16)11-5-10(6-13)4-9(3)17-11/h4-5,8H,6-7H2,1-3H3. The average molecular weight is 281 g/mol. The van der Waals surface area contributed by atoms with Crippen LogP contribution in [0.1, 0.15) is 25.1 Å². The van der Waals surface area contributed by atoms with E-state index in [1.165, 1.54) is 4.90 Å². The van der Waals surface area contributed by atoms with Gasteiger partial charge in [-0.2, -0.15) is 13.2 Å². The Morgan fingerprint density at radius 3 is 2.39 bits per heavy atom. The first-order valence-electron chi connectivity index (χ1n) is 5.60. The van der Waals surface area contributed by atoms with Gasteiger partial charge in [-0.3, -0.25) is 0 Å². The van der Waals surface area contributed by atoms with Crippen LogP contribution >= 0.6 is 11.6 Å². The summed E-state index contributed by atoms with van der Waals surface area (Å²) < 4.78 is 37.6. The molecule has 0 N–H and O–H groups in total. The Labute approximate surface area is 110 Å². The Morgan fingerprint density at radius 2 is 1.94 bits per heavy atom. The van der Waals surface area contributed by atoms with Crippen LogP contribution in [0.25, 0.3) is 0 Å². The summed E-state index contributed by atoms with van der Waals surface area (Å²) in [5.74, 6) is 0.576. The van der Waals surface area contributed by atoms with Gasteiger partial charge < -0.3 is 4.90 Å². The van der Waals surface area contributed by atoms with Crippen molar-refractivity contribution in [3.8, 4) is 0 Å². The van der Waals surface area contributed by atoms with Gasteiger partial charge in [-0.25, -0.2) is 4.98 Å². The molecule has 0 aliphatic heterocycles. The van der Waals surface area contributed by atoms with Crippen LogP contribution in [0.3, 0.4) is 0 Å². The molecule has 0 aromatic carbocycles. The number of halogens is 4. The molecular weight excluding hydrogens is 265 g/mol. The van der Waals surface area contributed by atoms with E-state index < -0.39 is 12.7 Å². The molecule has 1 heterocycles. The third kappa shape index (κ3) is 4.37. The van der Waals surface area contributed by atoms with E-state index in [4.69, 9.17) is 11.6 Å². The summed E-state index contributed by atoms with van der Waals surface area (Å²) in [6.45, 7) is 4.14. The van der Waals surface area contributed by atoms with Crippen molar-refractivity contribution in [2.24, 2.45) is 0 Å². The number of hydrogen-bond acceptors (Lipinski definition) is 2. The van der Waals surface area contributed by atoms with Crippen LogP contribution in [0, 0.1) is 6.92 Å². The highest BCUT2D eigenvalue weighted by atomic mass is 35.5. The molecule has 0 saturated carbocycles. The average Bonchev–Trinajstić information content (AvgIpc) is 2.23. The zero-order valence-corrected chi connectivity index (χ0v) is 11.3. The third-order valence-electron chi connectivity index (χ3n) is 2.42. The van der Waals surface area contributed by atoms with E-state index in [-0.39, 0.29) is 11.9 Å². The van der Waals surface area contributed by atoms with E-state index in [0.29, 0.717) is 11.5 Å². The fourth-order valence-electron chi connectivity index (χ4n) is 1.67. The normalized spacial score (nSPS) is 12.0. The summed E-state index contributed by atoms with van der Waals surface area (Å²) in [6.07, 6.45) is -4.25. The van der Waals surface area contributed by atoms with E-state index in [9.17, 15) is 13.2 Å². The summed E-state index contributed by atoms with van der Waals surface area (Å²) in [5, 5.41) is 0. The molecule has 6 heteroatoms. The topological polar surface area (TPSA) is 16.1 Å². The molecule has 0 amide bonds. The van der Waals surface area contributed by atoms with Crippen molar-refractivity contribution in [1.29, 1.82) is 0 Å². The van der Waals surface area contributed by atoms with Gasteiger partial charge in [0.2, 0.25) is 0 Å². The minimum atomic E-state index is -4.25. The fourth-order valence-corrected chi connectivity index (χ4v) is 1.82. The molecule has 1 aromatic rings. The number of nitrogens with zero attached hydrogens (tertiary/aromatic N) is 2. The van der Waals surface area contributed by atoms with Gasteiger partial charge >= 0.3 is 6.18 Å². The van der Waals surface area contributed by atoms with Gasteiger partial charge in [0.05, 0.1) is 0 Å². The van der Waals surface area contributed by atoms with Crippen molar-refractivity contribution in [3.05, 3.63) is 23.4 Å². The van der Waals surface area contributed by atoms with E-state index >= 15 is 0 Å². The van der Waals surface area contributed by atoms with Gasteiger partial charge in [0.25, 0.3) is 0 Å². The van der Waals surface area contributed by atoms with Gasteiger partial charge in [-0.1, -0.05) is 0 Å². The number of aryl methyl sites for hydroxylation is 1. The predicted octanol–water partition coefficient (Wildman–Crippen LogP) is 3.91. The molecule has 0 aliphatic carbocycles. The van der Waals surface area contributed by atoms with E-state index in [2.05, 4.69) is 4.98 Å². The molecule has 0 aliphatic rings. The van der Waals surface area contributed by atoms with Gasteiger partial charge in [-0.15, -0.1) is 11.6 Å². The summed E-state index contributed by atoms with van der Waals surface area (Å²) in [7, 11) is 0. The van der Waals surface area contributed by atoms with Crippen LogP contribution in [0.5, 0.6) is 0 Å². The Hall–Kier alpha value is -0.970. The van der Waals surface area contributed by atoms with Gasteiger partial charge in [0, 0.05) is 17.6 Å². The first kappa shape index (κ1) is 15.1. The van der Waals surface area contributed by atoms with Crippen LogP contribution in [-0.4, -0.2) is 23.7 Å². The molecule has 18 heavy (non-hydrogen) atoms. The third-order valence-corrected chi connectivity index (χ3v) is 2.73. The van der Waals surface area contributed by atoms with E-state index in [1.54, 1.807) is 32.9 Å². The number of hydrogen-bond donors (Lipinski definition) is 0. The van der Waals surface area contributed by atoms with Crippen LogP contribution in [0.15, 0.2) is 12.1 Å². The number of rotatable bonds is 4. The lowest BCUT2D eigenvalue weighted by Crippen LogP contribution is -2.39. The highest BCUT2D eigenvalue weighted by Gasteiger charge is 2.32. The van der Waals surface area contributed by atoms with E-state index in [0.717, 1.165) is 5.56 Å². The van der Waals surface area contributed by atoms with Crippen molar-refractivity contribution < 1.29 is 13.2 Å². The minimum Gasteiger partial charge on any atom is -0.345 e. The van der Waals surface area contributed by atoms with Crippen molar-refractivity contribution in [2.75, 3.05) is 11.4 Å². The molecule has 0 unspecified atom stereocenters. The molecular formula is C12H16ClF3N2. The highest BCUT2D eigenvalue weighted by molar-refractivity contribution is 6.17. The molecule has 0 spiro atoms. The van der Waals surface area contributed by atoms with Crippen molar-refractivity contribution in [1.82, 2.24) is 4.98 Å². The molecule has 0 fully saturated rings. The maximum Gasteiger partial charge on any atom is 0.405 e. The molecule has 0 saturated heterocycles. The number of aromatic nitrogens is 1. The van der Waals surface area contributed by atoms with Crippen molar-refractivity contribution in [3.63, 3.8) is 0 Å². The molecule has 1 aromatic heterocycles. The second-order valence-corrected chi connectivity index (χ2v) is 4.71. The Balaban J connectivity index is 3.09. The van der Waals surface area contributed by atoms with Gasteiger partial charge in [0.15, 0.2) is 0 Å². The van der Waals surface area contributed by atoms with Crippen LogP contribution in [0.2, 0.25) is 0 Å². The lowest BCUT2D eigenvalue weighted by Gasteiger charge is -2.29. The minimum absolute atomic E-state index is 0.258. The summed E-state index contributed by atoms with van der Waals surface area (Å²) in [5.41, 5.74) is 1.43. The fraction of sp³-hybridized carbons (Fsp3) is 0.583. The summed E-state index contributed by atoms with van der Waals surface area (Å²) in [6, 6.07) is 3.08. The summed E-state index contributed by atoms with van der Waals surface area (Å²) >= 11 is 5.72. The second kappa shape index (κ2) is 5.78. The first-order valence-corrected chi connectivity index (χ1v) is 6.13. The SMILES string of the molecule is Cc1cc(CCl)cc(N(CC(F)(F)F)C(C)C)n1. The zero-order chi connectivity index (χ0) is 13.9. The lowest BCUT2D eigenvalue weighted by atomic mass is 10.2. The molecule has 0 bridgehead atoms. The van der Waals surface area contributed by atoms with Crippen molar-refractivity contribution in [2.45, 2.75) is 38.9 Å². The lowest BCUT2D eigenvalue weighted by molar-refractivity contribution is -0.120. The Morgan fingerprint density at radius 1 is 1.33 bits per heavy atom. The smallest absolute Gasteiger partial charge is 0.345 e. The second-order valence-electron chi connectivity index (χ2n) is 4.45. The maximum atomic E-state index is 12.5. The van der Waals surface area contributed by atoms with Crippen LogP contribution < -0.4 is 4.90 Å². The summed E-state index contributed by atoms with van der Waals surface area (Å²) in [4.78, 5) is 5.38. The Bertz CT molecular complexity index is 405. The molecule has 102 valence electrons. The highest BCUT2D eigenvalue weighted by Crippen LogP contribution is 2.24. The first-order chi connectivity index (χ1) is 8.23. The van der Waals surface area contributed by atoms with Crippen LogP contribution in [-0.2, 0) is 5.88 Å². The number of anilines is 1. The molecule has 0 radical (unpaired) electrons. The Kier molecular flexibility index (Phi) is 4.85. The van der Waals surface area contributed by atoms with Crippen LogP contribution in [0.4, 0.5) is 19.0 Å². The van der Waals surface area contributed by atoms with Gasteiger partial charge in [0.1, 0.15) is 12.4 Å². The quantitative estimate of drug-likeness (QED) is 0.778. The van der Waals surface area contributed by atoms with Gasteiger partial charge in [-0.05, 0) is 38.5 Å². The van der Waals surface area contributed by atoms with E-state index in [1.807, 2.05) is 0 Å². The van der Waals surface area contributed by atoms with Crippen molar-refractivity contribution >= 4 is 17.4 Å². The largest absolute Gasteiger partial charge is 0.405 e. The number of alkyl halides is 4. The number of pyridine rings is 1. The molecule has 0 atom stereocenters. The monoisotopic (exact) mass is 280 g/mol. The predicted molar refractivity (Wildman–Crippen MR) is 67.1 cm³/mol. The molecule has 2 nitrogen and oxygen atoms in total. The molecule has 1 rings (SSSR count). The maximum absolute atomic E-state index is 12.5.